The molecule has 0 aliphatic heterocycles. The van der Waals surface area contributed by atoms with Crippen LogP contribution in [0.15, 0.2) is 94.3 Å². The van der Waals surface area contributed by atoms with Crippen molar-refractivity contribution in [1.29, 1.82) is 0 Å². The SMILES string of the molecule is Cc1cc2c(cc1C(C)(C)C)-c1cc(C(C)(C)C)c(C)[c](/[Zr+2]([C]3=CC=CC3)=[C](/c3ccccc3)c3cccc(C(F)(F)F)c3)c1C2.[Cl-].[Cl-]. The fourth-order valence-electron chi connectivity index (χ4n) is 7.53. The molecule has 0 nitrogen and oxygen atoms in total. The second-order valence-electron chi connectivity index (χ2n) is 15.0. The van der Waals surface area contributed by atoms with Gasteiger partial charge in [0.2, 0.25) is 0 Å². The van der Waals surface area contributed by atoms with Gasteiger partial charge in [-0.05, 0) is 0 Å². The third-order valence-electron chi connectivity index (χ3n) is 9.55. The minimum Gasteiger partial charge on any atom is -1.00 e. The molecule has 0 atom stereocenters. The number of halogens is 5. The monoisotopic (exact) mass is 764 g/mol. The summed E-state index contributed by atoms with van der Waals surface area (Å²) in [5.41, 5.74) is 11.7. The van der Waals surface area contributed by atoms with Crippen molar-refractivity contribution in [3.05, 3.63) is 144 Å². The third kappa shape index (κ3) is 7.19. The third-order valence-corrected chi connectivity index (χ3v) is 17.6. The first-order valence-corrected chi connectivity index (χ1v) is 19.9. The Morgan fingerprint density at radius 1 is 0.708 bits per heavy atom. The molecular weight excluding hydrogens is 724 g/mol. The summed E-state index contributed by atoms with van der Waals surface area (Å²) >= 11 is -3.18. The Bertz CT molecular complexity index is 1950. The van der Waals surface area contributed by atoms with Crippen LogP contribution in [0.4, 0.5) is 13.2 Å². The van der Waals surface area contributed by atoms with E-state index in [1.807, 2.05) is 24.3 Å². The number of hydrogen-bond acceptors (Lipinski definition) is 0. The summed E-state index contributed by atoms with van der Waals surface area (Å²) in [6.07, 6.45) is 3.90. The normalized spacial score (nSPS) is 14.1. The van der Waals surface area contributed by atoms with Crippen molar-refractivity contribution in [2.24, 2.45) is 0 Å². The van der Waals surface area contributed by atoms with Gasteiger partial charge in [-0.2, -0.15) is 0 Å². The molecular formula is C42H43Cl2F3Zr. The van der Waals surface area contributed by atoms with Crippen LogP contribution < -0.4 is 28.1 Å². The van der Waals surface area contributed by atoms with Gasteiger partial charge in [-0.25, -0.2) is 0 Å². The molecule has 250 valence electrons. The van der Waals surface area contributed by atoms with Crippen LogP contribution in [-0.4, -0.2) is 3.21 Å². The molecule has 0 aromatic heterocycles. The second kappa shape index (κ2) is 14.0. The molecule has 6 rings (SSSR count). The molecule has 4 aromatic rings. The first kappa shape index (κ1) is 38.3. The van der Waals surface area contributed by atoms with Gasteiger partial charge in [0.25, 0.3) is 0 Å². The zero-order valence-electron chi connectivity index (χ0n) is 29.0. The molecule has 6 heteroatoms. The van der Waals surface area contributed by atoms with Crippen LogP contribution in [0.1, 0.15) is 98.0 Å². The molecule has 2 aliphatic carbocycles. The Labute approximate surface area is 304 Å². The van der Waals surface area contributed by atoms with E-state index in [4.69, 9.17) is 0 Å². The predicted octanol–water partition coefficient (Wildman–Crippen LogP) is 4.85. The first-order chi connectivity index (χ1) is 21.6. The van der Waals surface area contributed by atoms with Gasteiger partial charge in [0.05, 0.1) is 0 Å². The molecule has 48 heavy (non-hydrogen) atoms. The van der Waals surface area contributed by atoms with E-state index in [9.17, 15) is 13.2 Å². The second-order valence-corrected chi connectivity index (χ2v) is 20.9. The Morgan fingerprint density at radius 3 is 1.92 bits per heavy atom. The Hall–Kier alpha value is -2.52. The summed E-state index contributed by atoms with van der Waals surface area (Å²) < 4.78 is 46.5. The molecule has 0 N–H and O–H groups in total. The van der Waals surface area contributed by atoms with E-state index >= 15 is 0 Å². The van der Waals surface area contributed by atoms with Crippen LogP contribution in [0.2, 0.25) is 0 Å². The average molecular weight is 767 g/mol. The molecule has 4 aromatic carbocycles. The van der Waals surface area contributed by atoms with Crippen molar-refractivity contribution in [3.8, 4) is 11.1 Å². The van der Waals surface area contributed by atoms with Gasteiger partial charge in [0.1, 0.15) is 0 Å². The van der Waals surface area contributed by atoms with Gasteiger partial charge in [-0.15, -0.1) is 0 Å². The van der Waals surface area contributed by atoms with E-state index in [2.05, 4.69) is 104 Å². The van der Waals surface area contributed by atoms with Crippen LogP contribution >= 0.6 is 0 Å². The molecule has 0 heterocycles. The smallest absolute Gasteiger partial charge is 1.00 e. The molecule has 0 radical (unpaired) electrons. The Morgan fingerprint density at radius 2 is 1.33 bits per heavy atom. The molecule has 0 amide bonds. The van der Waals surface area contributed by atoms with E-state index in [-0.39, 0.29) is 35.6 Å². The van der Waals surface area contributed by atoms with Crippen LogP contribution in [0, 0.1) is 13.8 Å². The number of aryl methyl sites for hydroxylation is 1. The van der Waals surface area contributed by atoms with Gasteiger partial charge in [-0.3, -0.25) is 0 Å². The molecule has 0 saturated carbocycles. The quantitative estimate of drug-likeness (QED) is 0.246. The maximum Gasteiger partial charge on any atom is -1.00 e. The van der Waals surface area contributed by atoms with Crippen molar-refractivity contribution >= 4 is 6.48 Å². The summed E-state index contributed by atoms with van der Waals surface area (Å²) in [4.78, 5) is 0. The summed E-state index contributed by atoms with van der Waals surface area (Å²) in [6.45, 7) is 18.2. The van der Waals surface area contributed by atoms with E-state index in [0.29, 0.717) is 5.56 Å². The molecule has 2 aliphatic rings. The standard InChI is InChI=1S/C23H29.C14H9F3.C5H5.2ClH.Zr/c1-14-9-16-11-17-10-15(2)21(23(6,7)8)13-19(17)18(16)12-20(14)22(3,4)5;15-14(16,17)13-8-4-7-12(10-13)9-11-5-2-1-3-6-11;1-2-4-5-3-1;;;/h9,12-13H,11H2,1-8H3;1-8,10H;1-3H,4H2;2*1H;/q;;;;;+2/p-2. The zero-order chi connectivity index (χ0) is 33.2. The van der Waals surface area contributed by atoms with E-state index in [0.717, 1.165) is 21.6 Å². The predicted molar refractivity (Wildman–Crippen MR) is 184 cm³/mol. The zero-order valence-corrected chi connectivity index (χ0v) is 32.9. The summed E-state index contributed by atoms with van der Waals surface area (Å²) in [7, 11) is 0. The van der Waals surface area contributed by atoms with Gasteiger partial charge in [-0.1, -0.05) is 0 Å². The fraction of sp³-hybridized carbons (Fsp3) is 0.310. The minimum atomic E-state index is -4.41. The maximum absolute atomic E-state index is 14.2. The number of hydrogen-bond donors (Lipinski definition) is 0. The largest absolute Gasteiger partial charge is 1.00 e. The minimum absolute atomic E-state index is 0. The van der Waals surface area contributed by atoms with Gasteiger partial charge >= 0.3 is 282 Å². The first-order valence-electron chi connectivity index (χ1n) is 16.2. The molecule has 0 unspecified atom stereocenters. The Balaban J connectivity index is 0.00000260. The maximum atomic E-state index is 14.2. The van der Waals surface area contributed by atoms with E-state index in [1.54, 1.807) is 6.07 Å². The van der Waals surface area contributed by atoms with Crippen LogP contribution in [0.5, 0.6) is 0 Å². The van der Waals surface area contributed by atoms with Crippen molar-refractivity contribution in [3.63, 3.8) is 0 Å². The number of fused-ring (bicyclic) bond motifs is 3. The summed E-state index contributed by atoms with van der Waals surface area (Å²) in [6, 6.07) is 23.5. The van der Waals surface area contributed by atoms with Gasteiger partial charge < -0.3 is 24.8 Å². The molecule has 0 saturated heterocycles. The topological polar surface area (TPSA) is 0 Å². The Kier molecular flexibility index (Phi) is 11.2. The van der Waals surface area contributed by atoms with Crippen LogP contribution in [0.25, 0.3) is 11.1 Å². The summed E-state index contributed by atoms with van der Waals surface area (Å²) in [5.74, 6) is 0. The number of rotatable bonds is 4. The number of alkyl halides is 3. The van der Waals surface area contributed by atoms with Crippen molar-refractivity contribution in [1.82, 2.24) is 0 Å². The van der Waals surface area contributed by atoms with Gasteiger partial charge in [0.15, 0.2) is 0 Å². The molecule has 0 bridgehead atoms. The van der Waals surface area contributed by atoms with Crippen LogP contribution in [0.3, 0.4) is 0 Å². The number of allylic oxidation sites excluding steroid dienone is 4. The van der Waals surface area contributed by atoms with Crippen molar-refractivity contribution < 1.29 is 59.3 Å². The van der Waals surface area contributed by atoms with Crippen LogP contribution in [-0.2, 0) is 44.7 Å². The van der Waals surface area contributed by atoms with Crippen molar-refractivity contribution in [2.75, 3.05) is 0 Å². The van der Waals surface area contributed by atoms with Crippen molar-refractivity contribution in [2.45, 2.75) is 85.2 Å². The average Bonchev–Trinajstić information content (AvgIpc) is 3.62. The van der Waals surface area contributed by atoms with E-state index in [1.165, 1.54) is 63.2 Å². The fourth-order valence-corrected chi connectivity index (χ4v) is 15.9. The molecule has 0 fully saturated rings. The van der Waals surface area contributed by atoms with Gasteiger partial charge in [0, 0.05) is 0 Å². The van der Waals surface area contributed by atoms with E-state index < -0.39 is 33.0 Å². The summed E-state index contributed by atoms with van der Waals surface area (Å²) in [5, 5.41) is 0. The molecule has 0 spiro atoms. The number of benzene rings is 4.